The fourth-order valence-electron chi connectivity index (χ4n) is 1.69. The van der Waals surface area contributed by atoms with Crippen molar-refractivity contribution < 1.29 is 0 Å². The third kappa shape index (κ3) is 2.19. The summed E-state index contributed by atoms with van der Waals surface area (Å²) in [5.41, 5.74) is 1.76. The Morgan fingerprint density at radius 1 is 1.55 bits per heavy atom. The fraction of sp³-hybridized carbons (Fsp3) is 0.600. The summed E-state index contributed by atoms with van der Waals surface area (Å²) >= 11 is 3.58. The lowest BCUT2D eigenvalue weighted by atomic mass is 9.82. The predicted molar refractivity (Wildman–Crippen MR) is 54.0 cm³/mol. The molecule has 0 heterocycles. The molecule has 1 heteroatoms. The molecular formula is C10H15Br. The van der Waals surface area contributed by atoms with Crippen molar-refractivity contribution >= 4 is 15.9 Å². The monoisotopic (exact) mass is 214 g/mol. The van der Waals surface area contributed by atoms with E-state index < -0.39 is 0 Å². The Kier molecular flexibility index (Phi) is 2.94. The summed E-state index contributed by atoms with van der Waals surface area (Å²) in [4.78, 5) is 0. The lowest BCUT2D eigenvalue weighted by Gasteiger charge is -2.26. The third-order valence-electron chi connectivity index (χ3n) is 2.23. The molecule has 0 aromatic carbocycles. The maximum Gasteiger partial charge on any atom is 0.00969 e. The second-order valence-electron chi connectivity index (χ2n) is 3.65. The van der Waals surface area contributed by atoms with E-state index >= 15 is 0 Å². The Morgan fingerprint density at radius 2 is 2.09 bits per heavy atom. The molecule has 0 atom stereocenters. The van der Waals surface area contributed by atoms with E-state index in [1.807, 2.05) is 0 Å². The predicted octanol–water partition coefficient (Wildman–Crippen LogP) is 3.68. The van der Waals surface area contributed by atoms with Crippen LogP contribution in [0.1, 0.15) is 26.2 Å². The van der Waals surface area contributed by atoms with E-state index in [0.29, 0.717) is 5.41 Å². The molecule has 1 aliphatic carbocycles. The van der Waals surface area contributed by atoms with Crippen LogP contribution in [0, 0.1) is 5.41 Å². The zero-order valence-electron chi connectivity index (χ0n) is 7.07. The highest BCUT2D eigenvalue weighted by atomic mass is 79.9. The van der Waals surface area contributed by atoms with Crippen molar-refractivity contribution in [2.75, 3.05) is 5.33 Å². The zero-order chi connectivity index (χ0) is 8.32. The first-order valence-electron chi connectivity index (χ1n) is 4.04. The van der Waals surface area contributed by atoms with Crippen LogP contribution in [0.15, 0.2) is 24.3 Å². The number of hydrogen-bond donors (Lipinski definition) is 0. The summed E-state index contributed by atoms with van der Waals surface area (Å²) in [5, 5.41) is 1.10. The average molecular weight is 215 g/mol. The Hall–Kier alpha value is -0.0400. The molecule has 0 N–H and O–H groups in total. The molecule has 0 aromatic rings. The van der Waals surface area contributed by atoms with E-state index in [2.05, 4.69) is 41.6 Å². The van der Waals surface area contributed by atoms with Crippen molar-refractivity contribution in [3.8, 4) is 0 Å². The second kappa shape index (κ2) is 3.57. The van der Waals surface area contributed by atoms with Gasteiger partial charge < -0.3 is 0 Å². The Morgan fingerprint density at radius 3 is 2.45 bits per heavy atom. The molecule has 62 valence electrons. The van der Waals surface area contributed by atoms with Crippen LogP contribution in [-0.4, -0.2) is 5.33 Å². The van der Waals surface area contributed by atoms with Crippen LogP contribution >= 0.6 is 15.9 Å². The Balaban J connectivity index is 2.54. The van der Waals surface area contributed by atoms with Crippen molar-refractivity contribution in [3.63, 3.8) is 0 Å². The van der Waals surface area contributed by atoms with E-state index in [4.69, 9.17) is 0 Å². The van der Waals surface area contributed by atoms with Gasteiger partial charge in [0, 0.05) is 5.33 Å². The number of halogens is 1. The number of allylic oxidation sites excluding steroid dienone is 3. The van der Waals surface area contributed by atoms with E-state index in [0.717, 1.165) is 11.8 Å². The van der Waals surface area contributed by atoms with Crippen LogP contribution in [-0.2, 0) is 0 Å². The highest BCUT2D eigenvalue weighted by Crippen LogP contribution is 2.40. The van der Waals surface area contributed by atoms with E-state index in [1.54, 1.807) is 0 Å². The highest BCUT2D eigenvalue weighted by molar-refractivity contribution is 9.09. The standard InChI is InChI=1S/C10H15Br/c1-9(2)7-10(8-11)5-3-4-6-10/h3-4H,1,5-8H2,2H3. The lowest BCUT2D eigenvalue weighted by Crippen LogP contribution is -2.18. The first-order valence-corrected chi connectivity index (χ1v) is 5.16. The van der Waals surface area contributed by atoms with Crippen molar-refractivity contribution in [1.29, 1.82) is 0 Å². The van der Waals surface area contributed by atoms with Gasteiger partial charge in [0.1, 0.15) is 0 Å². The van der Waals surface area contributed by atoms with Gasteiger partial charge in [-0.15, -0.1) is 6.58 Å². The van der Waals surface area contributed by atoms with Gasteiger partial charge >= 0.3 is 0 Å². The fourth-order valence-corrected chi connectivity index (χ4v) is 2.35. The molecule has 0 nitrogen and oxygen atoms in total. The minimum absolute atomic E-state index is 0.464. The SMILES string of the molecule is C=C(C)CC1(CBr)CC=CC1. The van der Waals surface area contributed by atoms with Crippen molar-refractivity contribution in [2.45, 2.75) is 26.2 Å². The van der Waals surface area contributed by atoms with Crippen LogP contribution in [0.4, 0.5) is 0 Å². The second-order valence-corrected chi connectivity index (χ2v) is 4.21. The van der Waals surface area contributed by atoms with Crippen LogP contribution in [0.5, 0.6) is 0 Å². The third-order valence-corrected chi connectivity index (χ3v) is 3.42. The molecule has 0 bridgehead atoms. The maximum absolute atomic E-state index is 3.96. The van der Waals surface area contributed by atoms with Crippen LogP contribution in [0.3, 0.4) is 0 Å². The first kappa shape index (κ1) is 9.05. The van der Waals surface area contributed by atoms with Gasteiger partial charge in [-0.1, -0.05) is 33.7 Å². The molecule has 11 heavy (non-hydrogen) atoms. The summed E-state index contributed by atoms with van der Waals surface area (Å²) < 4.78 is 0. The topological polar surface area (TPSA) is 0 Å². The first-order chi connectivity index (χ1) is 5.18. The minimum atomic E-state index is 0.464. The van der Waals surface area contributed by atoms with Gasteiger partial charge in [-0.3, -0.25) is 0 Å². The van der Waals surface area contributed by atoms with Gasteiger partial charge in [-0.05, 0) is 31.6 Å². The largest absolute Gasteiger partial charge is 0.100 e. The van der Waals surface area contributed by atoms with E-state index in [1.165, 1.54) is 18.4 Å². The molecule has 0 fully saturated rings. The quantitative estimate of drug-likeness (QED) is 0.497. The van der Waals surface area contributed by atoms with Crippen LogP contribution in [0.2, 0.25) is 0 Å². The summed E-state index contributed by atoms with van der Waals surface area (Å²) in [6.45, 7) is 6.08. The Labute approximate surface area is 77.5 Å². The summed E-state index contributed by atoms with van der Waals surface area (Å²) in [7, 11) is 0. The smallest absolute Gasteiger partial charge is 0.00969 e. The summed E-state index contributed by atoms with van der Waals surface area (Å²) in [6.07, 6.45) is 8.15. The molecule has 0 saturated heterocycles. The van der Waals surface area contributed by atoms with Gasteiger partial charge in [0.25, 0.3) is 0 Å². The number of hydrogen-bond acceptors (Lipinski definition) is 0. The number of alkyl halides is 1. The van der Waals surface area contributed by atoms with E-state index in [9.17, 15) is 0 Å². The molecule has 0 spiro atoms. The van der Waals surface area contributed by atoms with Gasteiger partial charge in [-0.25, -0.2) is 0 Å². The normalized spacial score (nSPS) is 20.5. The molecule has 1 rings (SSSR count). The van der Waals surface area contributed by atoms with Gasteiger partial charge in [0.15, 0.2) is 0 Å². The van der Waals surface area contributed by atoms with Gasteiger partial charge in [0.05, 0.1) is 0 Å². The minimum Gasteiger partial charge on any atom is -0.100 e. The maximum atomic E-state index is 3.96. The van der Waals surface area contributed by atoms with Crippen LogP contribution in [0.25, 0.3) is 0 Å². The van der Waals surface area contributed by atoms with E-state index in [-0.39, 0.29) is 0 Å². The van der Waals surface area contributed by atoms with Gasteiger partial charge in [0.2, 0.25) is 0 Å². The van der Waals surface area contributed by atoms with Crippen molar-refractivity contribution in [1.82, 2.24) is 0 Å². The molecule has 1 aliphatic rings. The summed E-state index contributed by atoms with van der Waals surface area (Å²) in [5.74, 6) is 0. The molecule has 0 aromatic heterocycles. The van der Waals surface area contributed by atoms with Crippen LogP contribution < -0.4 is 0 Å². The zero-order valence-corrected chi connectivity index (χ0v) is 8.65. The van der Waals surface area contributed by atoms with Crippen molar-refractivity contribution in [3.05, 3.63) is 24.3 Å². The lowest BCUT2D eigenvalue weighted by molar-refractivity contribution is 0.361. The highest BCUT2D eigenvalue weighted by Gasteiger charge is 2.29. The molecule has 0 amide bonds. The molecular weight excluding hydrogens is 200 g/mol. The Bertz CT molecular complexity index is 171. The number of rotatable bonds is 3. The van der Waals surface area contributed by atoms with Crippen molar-refractivity contribution in [2.24, 2.45) is 5.41 Å². The average Bonchev–Trinajstić information content (AvgIpc) is 2.36. The molecule has 0 radical (unpaired) electrons. The molecule has 0 saturated carbocycles. The molecule has 0 aliphatic heterocycles. The molecule has 0 unspecified atom stereocenters. The summed E-state index contributed by atoms with van der Waals surface area (Å²) in [6, 6.07) is 0. The van der Waals surface area contributed by atoms with Gasteiger partial charge in [-0.2, -0.15) is 0 Å².